The molecule has 0 saturated carbocycles. The molecule has 2 rings (SSSR count). The Bertz CT molecular complexity index is 171. The summed E-state index contributed by atoms with van der Waals surface area (Å²) in [4.78, 5) is 2.55. The Morgan fingerprint density at radius 1 is 1.42 bits per heavy atom. The quantitative estimate of drug-likeness (QED) is 0.675. The van der Waals surface area contributed by atoms with Crippen molar-refractivity contribution in [3.63, 3.8) is 0 Å². The molecule has 2 saturated heterocycles. The van der Waals surface area contributed by atoms with Gasteiger partial charge in [0, 0.05) is 17.6 Å². The average Bonchev–Trinajstić information content (AvgIpc) is 2.58. The average molecular weight is 169 g/mol. The van der Waals surface area contributed by atoms with Crippen molar-refractivity contribution in [1.29, 1.82) is 0 Å². The summed E-state index contributed by atoms with van der Waals surface area (Å²) in [7, 11) is 0. The minimum absolute atomic E-state index is 0.179. The second-order valence-corrected chi connectivity index (χ2v) is 4.61. The van der Waals surface area contributed by atoms with E-state index in [-0.39, 0.29) is 5.54 Å². The molecule has 2 aliphatic heterocycles. The molecular formula is C10H19NO. The van der Waals surface area contributed by atoms with Crippen LogP contribution >= 0.6 is 0 Å². The fourth-order valence-corrected chi connectivity index (χ4v) is 3.27. The molecule has 0 aromatic rings. The van der Waals surface area contributed by atoms with Crippen LogP contribution in [0.4, 0.5) is 0 Å². The number of fused-ring (bicyclic) bond motifs is 2. The molecule has 0 aromatic heterocycles. The SMILES string of the molecule is CC(C)N1C2CCC1(CO)CC2. The van der Waals surface area contributed by atoms with Gasteiger partial charge in [-0.15, -0.1) is 0 Å². The van der Waals surface area contributed by atoms with Gasteiger partial charge >= 0.3 is 0 Å². The van der Waals surface area contributed by atoms with Crippen LogP contribution in [0.2, 0.25) is 0 Å². The standard InChI is InChI=1S/C10H19NO/c1-8(2)11-9-3-5-10(11,7-12)6-4-9/h8-9,12H,3-7H2,1-2H3. The summed E-state index contributed by atoms with van der Waals surface area (Å²) < 4.78 is 0. The van der Waals surface area contributed by atoms with E-state index in [4.69, 9.17) is 0 Å². The minimum Gasteiger partial charge on any atom is -0.394 e. The predicted octanol–water partition coefficient (Wildman–Crippen LogP) is 1.38. The largest absolute Gasteiger partial charge is 0.394 e. The van der Waals surface area contributed by atoms with Crippen LogP contribution in [0.5, 0.6) is 0 Å². The van der Waals surface area contributed by atoms with Crippen LogP contribution in [0.15, 0.2) is 0 Å². The van der Waals surface area contributed by atoms with Crippen LogP contribution in [0.25, 0.3) is 0 Å². The molecule has 0 aromatic carbocycles. The van der Waals surface area contributed by atoms with Gasteiger partial charge in [0.2, 0.25) is 0 Å². The number of aliphatic hydroxyl groups excluding tert-OH is 1. The first kappa shape index (κ1) is 8.52. The van der Waals surface area contributed by atoms with Gasteiger partial charge in [-0.3, -0.25) is 4.90 Å². The van der Waals surface area contributed by atoms with Gasteiger partial charge in [0.25, 0.3) is 0 Å². The molecule has 2 fully saturated rings. The normalized spacial score (nSPS) is 41.5. The Balaban J connectivity index is 2.21. The summed E-state index contributed by atoms with van der Waals surface area (Å²) in [6, 6.07) is 1.38. The van der Waals surface area contributed by atoms with E-state index in [0.717, 1.165) is 6.04 Å². The van der Waals surface area contributed by atoms with Crippen LogP contribution in [0.3, 0.4) is 0 Å². The van der Waals surface area contributed by atoms with E-state index < -0.39 is 0 Å². The molecule has 0 amide bonds. The van der Waals surface area contributed by atoms with Crippen molar-refractivity contribution in [2.24, 2.45) is 0 Å². The molecule has 2 bridgehead atoms. The van der Waals surface area contributed by atoms with E-state index >= 15 is 0 Å². The van der Waals surface area contributed by atoms with Gasteiger partial charge in [0.05, 0.1) is 6.61 Å². The first-order chi connectivity index (χ1) is 5.69. The molecule has 0 unspecified atom stereocenters. The summed E-state index contributed by atoms with van der Waals surface area (Å²) in [5, 5.41) is 9.42. The highest BCUT2D eigenvalue weighted by molar-refractivity contribution is 5.07. The fourth-order valence-electron chi connectivity index (χ4n) is 3.27. The maximum Gasteiger partial charge on any atom is 0.0615 e. The predicted molar refractivity (Wildman–Crippen MR) is 49.0 cm³/mol. The van der Waals surface area contributed by atoms with Gasteiger partial charge in [0.1, 0.15) is 0 Å². The highest BCUT2D eigenvalue weighted by atomic mass is 16.3. The van der Waals surface area contributed by atoms with E-state index in [0.29, 0.717) is 12.6 Å². The second-order valence-electron chi connectivity index (χ2n) is 4.61. The lowest BCUT2D eigenvalue weighted by atomic mass is 9.88. The Labute approximate surface area is 74.6 Å². The number of hydrogen-bond acceptors (Lipinski definition) is 2. The van der Waals surface area contributed by atoms with Crippen molar-refractivity contribution in [3.8, 4) is 0 Å². The zero-order valence-corrected chi connectivity index (χ0v) is 8.08. The zero-order valence-electron chi connectivity index (χ0n) is 8.08. The minimum atomic E-state index is 0.179. The molecule has 2 aliphatic rings. The Morgan fingerprint density at radius 2 is 2.00 bits per heavy atom. The summed E-state index contributed by atoms with van der Waals surface area (Å²) in [5.41, 5.74) is 0.179. The number of hydrogen-bond donors (Lipinski definition) is 1. The molecule has 12 heavy (non-hydrogen) atoms. The molecule has 0 radical (unpaired) electrons. The third kappa shape index (κ3) is 0.944. The topological polar surface area (TPSA) is 23.5 Å². The molecule has 1 N–H and O–H groups in total. The summed E-state index contributed by atoms with van der Waals surface area (Å²) in [6.45, 7) is 4.85. The molecular weight excluding hydrogens is 150 g/mol. The maximum absolute atomic E-state index is 9.42. The molecule has 2 heteroatoms. The van der Waals surface area contributed by atoms with Crippen LogP contribution < -0.4 is 0 Å². The second kappa shape index (κ2) is 2.71. The first-order valence-corrected chi connectivity index (χ1v) is 5.09. The Morgan fingerprint density at radius 3 is 2.33 bits per heavy atom. The van der Waals surface area contributed by atoms with Gasteiger partial charge in [-0.25, -0.2) is 0 Å². The fraction of sp³-hybridized carbons (Fsp3) is 1.00. The van der Waals surface area contributed by atoms with Gasteiger partial charge in [-0.2, -0.15) is 0 Å². The van der Waals surface area contributed by atoms with Gasteiger partial charge in [0.15, 0.2) is 0 Å². The number of aliphatic hydroxyl groups is 1. The molecule has 0 aliphatic carbocycles. The van der Waals surface area contributed by atoms with E-state index in [9.17, 15) is 5.11 Å². The molecule has 0 spiro atoms. The van der Waals surface area contributed by atoms with Crippen molar-refractivity contribution >= 4 is 0 Å². The molecule has 2 nitrogen and oxygen atoms in total. The van der Waals surface area contributed by atoms with Gasteiger partial charge < -0.3 is 5.11 Å². The van der Waals surface area contributed by atoms with E-state index in [1.165, 1.54) is 25.7 Å². The highest BCUT2D eigenvalue weighted by Gasteiger charge is 2.51. The van der Waals surface area contributed by atoms with E-state index in [1.807, 2.05) is 0 Å². The number of nitrogens with zero attached hydrogens (tertiary/aromatic N) is 1. The van der Waals surface area contributed by atoms with Crippen molar-refractivity contribution < 1.29 is 5.11 Å². The monoisotopic (exact) mass is 169 g/mol. The van der Waals surface area contributed by atoms with Gasteiger partial charge in [-0.05, 0) is 39.5 Å². The van der Waals surface area contributed by atoms with Crippen LogP contribution in [0.1, 0.15) is 39.5 Å². The third-order valence-electron chi connectivity index (χ3n) is 3.68. The zero-order chi connectivity index (χ0) is 8.77. The van der Waals surface area contributed by atoms with Crippen molar-refractivity contribution in [2.75, 3.05) is 6.61 Å². The first-order valence-electron chi connectivity index (χ1n) is 5.09. The summed E-state index contributed by atoms with van der Waals surface area (Å²) in [6.07, 6.45) is 5.04. The lowest BCUT2D eigenvalue weighted by Gasteiger charge is -2.36. The highest BCUT2D eigenvalue weighted by Crippen LogP contribution is 2.47. The lowest BCUT2D eigenvalue weighted by molar-refractivity contribution is 0.0553. The van der Waals surface area contributed by atoms with Crippen molar-refractivity contribution in [3.05, 3.63) is 0 Å². The van der Waals surface area contributed by atoms with E-state index in [1.54, 1.807) is 0 Å². The van der Waals surface area contributed by atoms with Crippen LogP contribution in [0, 0.1) is 0 Å². The van der Waals surface area contributed by atoms with Crippen molar-refractivity contribution in [2.45, 2.75) is 57.2 Å². The number of rotatable bonds is 2. The maximum atomic E-state index is 9.42. The summed E-state index contributed by atoms with van der Waals surface area (Å²) >= 11 is 0. The Hall–Kier alpha value is -0.0800. The smallest absolute Gasteiger partial charge is 0.0615 e. The summed E-state index contributed by atoms with van der Waals surface area (Å²) in [5.74, 6) is 0. The van der Waals surface area contributed by atoms with Crippen LogP contribution in [-0.2, 0) is 0 Å². The molecule has 70 valence electrons. The van der Waals surface area contributed by atoms with E-state index in [2.05, 4.69) is 18.7 Å². The molecule has 0 atom stereocenters. The van der Waals surface area contributed by atoms with Gasteiger partial charge in [-0.1, -0.05) is 0 Å². The Kier molecular flexibility index (Phi) is 1.92. The molecule has 2 heterocycles. The van der Waals surface area contributed by atoms with Crippen LogP contribution in [-0.4, -0.2) is 34.2 Å². The third-order valence-corrected chi connectivity index (χ3v) is 3.68. The van der Waals surface area contributed by atoms with Crippen molar-refractivity contribution in [1.82, 2.24) is 4.90 Å². The lowest BCUT2D eigenvalue weighted by Crippen LogP contribution is -2.47.